The molecule has 0 saturated heterocycles. The predicted molar refractivity (Wildman–Crippen MR) is 565 cm³/mol. The van der Waals surface area contributed by atoms with Gasteiger partial charge in [0.15, 0.2) is 0 Å². The first kappa shape index (κ1) is 81.9. The molecule has 133 heavy (non-hydrogen) atoms. The standard InChI is InChI=1S/C122H86N8S3/c1-9-25-97(26-10-1)125(98-27-11-2-12-28-98)105-61-41-87(42-62-105)91-49-69-109(70-50-91)129(110-71-51-92(52-72-110)88-43-63-106(64-44-88)126(99-29-13-3-14-30-99)100-31-15-4-16-32-100)113-77-57-95(58-78-113)117-83-85-119(131-117)115-81-82-116(122-121(115)123-133-124-122)120-86-84-118(132-120)96-59-79-114(80-60-96)130(111-73-53-93(54-74-111)89-45-65-107(66-46-89)127(101-33-17-5-18-34-101)102-35-19-6-20-36-102)112-75-55-94(56-76-112)90-47-67-108(68-48-90)128(103-37-21-7-22-38-103)104-39-23-8-24-40-104/h1-86H. The maximum absolute atomic E-state index is 5.02. The van der Waals surface area contributed by atoms with Gasteiger partial charge in [-0.25, -0.2) is 0 Å². The summed E-state index contributed by atoms with van der Waals surface area (Å²) in [6, 6.07) is 187. The second kappa shape index (κ2) is 37.5. The molecule has 0 unspecified atom stereocenters. The van der Waals surface area contributed by atoms with Crippen LogP contribution in [0.25, 0.3) is 97.3 Å². The number of hydrogen-bond acceptors (Lipinski definition) is 11. The van der Waals surface area contributed by atoms with Crippen LogP contribution >= 0.6 is 34.4 Å². The highest BCUT2D eigenvalue weighted by Gasteiger charge is 2.24. The fourth-order valence-electron chi connectivity index (χ4n) is 17.8. The fraction of sp³-hybridized carbons (Fsp3) is 0. The first-order chi connectivity index (χ1) is 65.9. The van der Waals surface area contributed by atoms with Crippen LogP contribution in [-0.2, 0) is 0 Å². The summed E-state index contributed by atoms with van der Waals surface area (Å²) >= 11 is 4.83. The van der Waals surface area contributed by atoms with Crippen molar-refractivity contribution in [3.63, 3.8) is 0 Å². The number of nitrogens with zero attached hydrogens (tertiary/aromatic N) is 8. The highest BCUT2D eigenvalue weighted by Crippen LogP contribution is 2.49. The highest BCUT2D eigenvalue weighted by atomic mass is 32.1. The van der Waals surface area contributed by atoms with E-state index in [1.165, 1.54) is 21.5 Å². The van der Waals surface area contributed by atoms with Gasteiger partial charge in [0.2, 0.25) is 0 Å². The molecule has 632 valence electrons. The summed E-state index contributed by atoms with van der Waals surface area (Å²) in [4.78, 5) is 18.5. The largest absolute Gasteiger partial charge is 0.311 e. The summed E-state index contributed by atoms with van der Waals surface area (Å²) in [5.41, 5.74) is 34.8. The number of anilines is 18. The SMILES string of the molecule is c1ccc(N(c2ccccc2)c2ccc(-c3ccc(N(c4ccc(-c5ccc(N(c6ccccc6)c6ccccc6)cc5)cc4)c4ccc(-c5ccc(-c6ccc(-c7ccc(-c8ccc(N(c9ccc(-c%10ccc(N(c%11ccccc%11)c%11ccccc%11)cc%10)cc9)c9ccc(-c%10ccc(N(c%11ccccc%11)c%11ccccc%11)cc%10)cc9)cc8)s7)c7nsnc67)s5)cc4)cc3)cc2)cc1. The van der Waals surface area contributed by atoms with Crippen molar-refractivity contribution in [3.8, 4) is 86.3 Å². The molecule has 0 fully saturated rings. The van der Waals surface area contributed by atoms with Gasteiger partial charge in [0, 0.05) is 133 Å². The Morgan fingerprint density at radius 3 is 0.414 bits per heavy atom. The van der Waals surface area contributed by atoms with Crippen LogP contribution in [0.2, 0.25) is 0 Å². The van der Waals surface area contributed by atoms with Gasteiger partial charge in [-0.3, -0.25) is 0 Å². The molecule has 11 heteroatoms. The van der Waals surface area contributed by atoms with Gasteiger partial charge in [0.05, 0.1) is 11.7 Å². The third kappa shape index (κ3) is 17.3. The number of rotatable bonds is 26. The predicted octanol–water partition coefficient (Wildman–Crippen LogP) is 36.0. The van der Waals surface area contributed by atoms with Gasteiger partial charge in [-0.2, -0.15) is 8.75 Å². The molecule has 0 N–H and O–H groups in total. The number of thiophene rings is 2. The zero-order valence-corrected chi connectivity index (χ0v) is 74.9. The maximum Gasteiger partial charge on any atom is 0.114 e. The monoisotopic (exact) mass is 1760 g/mol. The molecule has 8 nitrogen and oxygen atoms in total. The number of benzene rings is 19. The minimum atomic E-state index is 0.905. The normalized spacial score (nSPS) is 11.2. The summed E-state index contributed by atoms with van der Waals surface area (Å²) in [5, 5.41) is 0. The third-order valence-corrected chi connectivity index (χ3v) is 27.3. The molecule has 0 spiro atoms. The molecular weight excluding hydrogens is 1670 g/mol. The van der Waals surface area contributed by atoms with E-state index in [0.717, 1.165) is 190 Å². The lowest BCUT2D eigenvalue weighted by molar-refractivity contribution is 1.28. The Kier molecular flexibility index (Phi) is 23.1. The van der Waals surface area contributed by atoms with E-state index in [9.17, 15) is 0 Å². The smallest absolute Gasteiger partial charge is 0.114 e. The van der Waals surface area contributed by atoms with Crippen LogP contribution < -0.4 is 29.4 Å². The van der Waals surface area contributed by atoms with Gasteiger partial charge in [0.1, 0.15) is 11.0 Å². The third-order valence-electron chi connectivity index (χ3n) is 24.4. The van der Waals surface area contributed by atoms with E-state index in [0.29, 0.717) is 0 Å². The van der Waals surface area contributed by atoms with Crippen LogP contribution in [0, 0.1) is 0 Å². The molecule has 19 aromatic carbocycles. The Balaban J connectivity index is 0.528. The molecule has 3 heterocycles. The van der Waals surface area contributed by atoms with Crippen molar-refractivity contribution in [1.82, 2.24) is 8.75 Å². The lowest BCUT2D eigenvalue weighted by Crippen LogP contribution is -2.10. The second-order valence-corrected chi connectivity index (χ2v) is 35.3. The highest BCUT2D eigenvalue weighted by molar-refractivity contribution is 7.19. The van der Waals surface area contributed by atoms with E-state index in [1.807, 2.05) is 0 Å². The summed E-state index contributed by atoms with van der Waals surface area (Å²) < 4.78 is 10.0. The van der Waals surface area contributed by atoms with Gasteiger partial charge < -0.3 is 29.4 Å². The van der Waals surface area contributed by atoms with Gasteiger partial charge in [0.25, 0.3) is 0 Å². The van der Waals surface area contributed by atoms with E-state index < -0.39 is 0 Å². The van der Waals surface area contributed by atoms with Crippen molar-refractivity contribution in [2.45, 2.75) is 0 Å². The molecule has 0 radical (unpaired) electrons. The van der Waals surface area contributed by atoms with Crippen LogP contribution in [0.3, 0.4) is 0 Å². The van der Waals surface area contributed by atoms with Crippen LogP contribution in [0.1, 0.15) is 0 Å². The number of hydrogen-bond donors (Lipinski definition) is 0. The first-order valence-electron chi connectivity index (χ1n) is 44.6. The topological polar surface area (TPSA) is 45.2 Å². The summed E-state index contributed by atoms with van der Waals surface area (Å²) in [7, 11) is 0. The number of fused-ring (bicyclic) bond motifs is 1. The molecule has 0 bridgehead atoms. The molecule has 0 amide bonds. The van der Waals surface area contributed by atoms with E-state index in [2.05, 4.69) is 551 Å². The molecule has 0 atom stereocenters. The Labute approximate surface area is 787 Å². The Bertz CT molecular complexity index is 6680. The van der Waals surface area contributed by atoms with Crippen LogP contribution in [0.5, 0.6) is 0 Å². The molecule has 0 aliphatic heterocycles. The minimum Gasteiger partial charge on any atom is -0.311 e. The van der Waals surface area contributed by atoms with E-state index in [-0.39, 0.29) is 0 Å². The van der Waals surface area contributed by atoms with Crippen LogP contribution in [-0.4, -0.2) is 8.75 Å². The van der Waals surface area contributed by atoms with Crippen LogP contribution in [0.4, 0.5) is 102 Å². The van der Waals surface area contributed by atoms with Crippen molar-refractivity contribution in [3.05, 3.63) is 522 Å². The fourth-order valence-corrected chi connectivity index (χ4v) is 20.5. The molecule has 0 aliphatic carbocycles. The number of para-hydroxylation sites is 8. The number of aromatic nitrogens is 2. The summed E-state index contributed by atoms with van der Waals surface area (Å²) in [6.07, 6.45) is 0. The average Bonchev–Trinajstić information content (AvgIpc) is 1.57. The molecule has 0 saturated carbocycles. The second-order valence-electron chi connectivity index (χ2n) is 32.6. The Morgan fingerprint density at radius 1 is 0.120 bits per heavy atom. The van der Waals surface area contributed by atoms with Crippen molar-refractivity contribution < 1.29 is 0 Å². The Morgan fingerprint density at radius 2 is 0.256 bits per heavy atom. The maximum atomic E-state index is 5.02. The summed E-state index contributed by atoms with van der Waals surface area (Å²) in [6.45, 7) is 0. The quantitative estimate of drug-likeness (QED) is 0.0531. The van der Waals surface area contributed by atoms with E-state index in [4.69, 9.17) is 8.75 Å². The molecule has 0 aliphatic rings. The van der Waals surface area contributed by atoms with Crippen molar-refractivity contribution in [1.29, 1.82) is 0 Å². The van der Waals surface area contributed by atoms with E-state index >= 15 is 0 Å². The first-order valence-corrected chi connectivity index (χ1v) is 47.0. The van der Waals surface area contributed by atoms with Crippen LogP contribution in [0.15, 0.2) is 522 Å². The lowest BCUT2D eigenvalue weighted by Gasteiger charge is -2.26. The van der Waals surface area contributed by atoms with E-state index in [1.54, 1.807) is 22.7 Å². The average molecular weight is 1760 g/mol. The van der Waals surface area contributed by atoms with Gasteiger partial charge in [-0.05, 0) is 298 Å². The lowest BCUT2D eigenvalue weighted by atomic mass is 10.0. The van der Waals surface area contributed by atoms with Gasteiger partial charge in [-0.15, -0.1) is 22.7 Å². The molecule has 22 rings (SSSR count). The summed E-state index contributed by atoms with van der Waals surface area (Å²) in [5.74, 6) is 0. The van der Waals surface area contributed by atoms with Gasteiger partial charge in [-0.1, -0.05) is 279 Å². The molecule has 22 aromatic rings. The molecule has 3 aromatic heterocycles. The zero-order chi connectivity index (χ0) is 88.6. The molecular formula is C122H86N8S3. The zero-order valence-electron chi connectivity index (χ0n) is 72.5. The van der Waals surface area contributed by atoms with Gasteiger partial charge >= 0.3 is 0 Å². The van der Waals surface area contributed by atoms with Crippen molar-refractivity contribution in [2.75, 3.05) is 29.4 Å². The van der Waals surface area contributed by atoms with Crippen molar-refractivity contribution >= 4 is 148 Å². The Hall–Kier alpha value is -16.8. The minimum absolute atomic E-state index is 0.905. The van der Waals surface area contributed by atoms with Crippen molar-refractivity contribution in [2.24, 2.45) is 0 Å².